The molecule has 1 atom stereocenters. The third-order valence-electron chi connectivity index (χ3n) is 2.54. The minimum atomic E-state index is -0.737. The summed E-state index contributed by atoms with van der Waals surface area (Å²) in [7, 11) is 1.89. The fourth-order valence-electron chi connectivity index (χ4n) is 2.49. The summed E-state index contributed by atoms with van der Waals surface area (Å²) in [6, 6.07) is 0.186. The van der Waals surface area contributed by atoms with Gasteiger partial charge in [-0.3, -0.25) is 4.79 Å². The predicted octanol–water partition coefficient (Wildman–Crippen LogP) is 2.12. The molecule has 0 aliphatic rings. The average Bonchev–Trinajstić information content (AvgIpc) is 1.79. The summed E-state index contributed by atoms with van der Waals surface area (Å²) in [4.78, 5) is 10.7. The lowest BCUT2D eigenvalue weighted by atomic mass is 9.69. The highest BCUT2D eigenvalue weighted by molar-refractivity contribution is 5.67. The molecule has 0 radical (unpaired) electrons. The van der Waals surface area contributed by atoms with E-state index in [1.807, 2.05) is 20.9 Å². The molecule has 0 aromatic carbocycles. The van der Waals surface area contributed by atoms with Crippen LogP contribution in [-0.4, -0.2) is 24.2 Å². The van der Waals surface area contributed by atoms with Crippen LogP contribution >= 0.6 is 0 Å². The Bertz CT molecular complexity index is 204. The average molecular weight is 201 g/mol. The van der Waals surface area contributed by atoms with Gasteiger partial charge in [0.05, 0.1) is 6.42 Å². The Hall–Kier alpha value is -0.570. The number of carboxylic acids is 1. The second kappa shape index (κ2) is 4.30. The standard InChI is InChI=1S/C11H23NO2/c1-10(2,3)9(12-6)11(4,5)7-8(13)14/h9,12H,7H2,1-6H3,(H,13,14). The van der Waals surface area contributed by atoms with Gasteiger partial charge in [0.15, 0.2) is 0 Å². The highest BCUT2D eigenvalue weighted by Gasteiger charge is 2.38. The van der Waals surface area contributed by atoms with Crippen LogP contribution in [0.25, 0.3) is 0 Å². The fourth-order valence-corrected chi connectivity index (χ4v) is 2.49. The van der Waals surface area contributed by atoms with Gasteiger partial charge in [0.2, 0.25) is 0 Å². The van der Waals surface area contributed by atoms with Gasteiger partial charge in [0.25, 0.3) is 0 Å². The molecule has 0 heterocycles. The lowest BCUT2D eigenvalue weighted by Crippen LogP contribution is -2.49. The van der Waals surface area contributed by atoms with Crippen LogP contribution < -0.4 is 5.32 Å². The summed E-state index contributed by atoms with van der Waals surface area (Å²) in [5.74, 6) is -0.737. The molecule has 0 amide bonds. The van der Waals surface area contributed by atoms with Gasteiger partial charge in [-0.15, -0.1) is 0 Å². The van der Waals surface area contributed by atoms with Crippen LogP contribution in [0.1, 0.15) is 41.0 Å². The van der Waals surface area contributed by atoms with E-state index in [-0.39, 0.29) is 23.3 Å². The van der Waals surface area contributed by atoms with Crippen LogP contribution in [-0.2, 0) is 4.79 Å². The SMILES string of the molecule is CNC(C(C)(C)C)C(C)(C)CC(=O)O. The summed E-state index contributed by atoms with van der Waals surface area (Å²) >= 11 is 0. The Morgan fingerprint density at radius 3 is 1.93 bits per heavy atom. The van der Waals surface area contributed by atoms with E-state index in [0.717, 1.165) is 0 Å². The van der Waals surface area contributed by atoms with Gasteiger partial charge in [-0.2, -0.15) is 0 Å². The van der Waals surface area contributed by atoms with Crippen molar-refractivity contribution in [3.8, 4) is 0 Å². The largest absolute Gasteiger partial charge is 0.481 e. The zero-order valence-electron chi connectivity index (χ0n) is 10.1. The van der Waals surface area contributed by atoms with Crippen molar-refractivity contribution in [1.82, 2.24) is 5.32 Å². The quantitative estimate of drug-likeness (QED) is 0.732. The van der Waals surface area contributed by atoms with Gasteiger partial charge in [-0.1, -0.05) is 34.6 Å². The van der Waals surface area contributed by atoms with Gasteiger partial charge < -0.3 is 10.4 Å². The first kappa shape index (κ1) is 13.4. The number of nitrogens with one attached hydrogen (secondary N) is 1. The molecule has 14 heavy (non-hydrogen) atoms. The van der Waals surface area contributed by atoms with Crippen molar-refractivity contribution in [3.05, 3.63) is 0 Å². The van der Waals surface area contributed by atoms with Crippen LogP contribution in [0, 0.1) is 10.8 Å². The zero-order chi connectivity index (χ0) is 11.6. The Balaban J connectivity index is 4.74. The molecule has 0 saturated heterocycles. The lowest BCUT2D eigenvalue weighted by molar-refractivity contribution is -0.140. The van der Waals surface area contributed by atoms with E-state index in [4.69, 9.17) is 5.11 Å². The summed E-state index contributed by atoms with van der Waals surface area (Å²) in [6.07, 6.45) is 0.190. The monoisotopic (exact) mass is 201 g/mol. The third-order valence-corrected chi connectivity index (χ3v) is 2.54. The van der Waals surface area contributed by atoms with Crippen LogP contribution in [0.15, 0.2) is 0 Å². The first-order chi connectivity index (χ1) is 6.11. The maximum Gasteiger partial charge on any atom is 0.303 e. The minimum Gasteiger partial charge on any atom is -0.481 e. The Labute approximate surface area is 86.9 Å². The van der Waals surface area contributed by atoms with Gasteiger partial charge >= 0.3 is 5.97 Å². The molecular weight excluding hydrogens is 178 g/mol. The minimum absolute atomic E-state index is 0.0632. The normalized spacial score (nSPS) is 15.3. The van der Waals surface area contributed by atoms with Crippen molar-refractivity contribution in [2.75, 3.05) is 7.05 Å². The molecule has 0 saturated carbocycles. The summed E-state index contributed by atoms with van der Waals surface area (Å²) < 4.78 is 0. The molecule has 0 aromatic heterocycles. The topological polar surface area (TPSA) is 49.3 Å². The van der Waals surface area contributed by atoms with Crippen LogP contribution in [0.5, 0.6) is 0 Å². The maximum absolute atomic E-state index is 10.7. The van der Waals surface area contributed by atoms with Crippen LogP contribution in [0.4, 0.5) is 0 Å². The maximum atomic E-state index is 10.7. The van der Waals surface area contributed by atoms with Gasteiger partial charge in [0, 0.05) is 6.04 Å². The molecule has 0 aliphatic heterocycles. The molecule has 0 bridgehead atoms. The predicted molar refractivity (Wildman–Crippen MR) is 58.3 cm³/mol. The molecule has 2 N–H and O–H groups in total. The number of hydrogen-bond acceptors (Lipinski definition) is 2. The van der Waals surface area contributed by atoms with Crippen molar-refractivity contribution in [2.24, 2.45) is 10.8 Å². The van der Waals surface area contributed by atoms with Gasteiger partial charge in [-0.25, -0.2) is 0 Å². The molecule has 0 aromatic rings. The first-order valence-corrected chi connectivity index (χ1v) is 5.00. The van der Waals surface area contributed by atoms with Crippen molar-refractivity contribution >= 4 is 5.97 Å². The summed E-state index contributed by atoms with van der Waals surface area (Å²) in [6.45, 7) is 10.4. The van der Waals surface area contributed by atoms with Crippen LogP contribution in [0.2, 0.25) is 0 Å². The number of hydrogen-bond donors (Lipinski definition) is 2. The molecule has 3 heteroatoms. The van der Waals surface area contributed by atoms with Gasteiger partial charge in [-0.05, 0) is 17.9 Å². The van der Waals surface area contributed by atoms with E-state index < -0.39 is 5.97 Å². The second-order valence-corrected chi connectivity index (χ2v) is 5.65. The highest BCUT2D eigenvalue weighted by atomic mass is 16.4. The molecule has 84 valence electrons. The summed E-state index contributed by atoms with van der Waals surface area (Å²) in [5, 5.41) is 12.1. The number of carbonyl (C=O) groups is 1. The highest BCUT2D eigenvalue weighted by Crippen LogP contribution is 2.36. The van der Waals surface area contributed by atoms with Crippen molar-refractivity contribution in [3.63, 3.8) is 0 Å². The second-order valence-electron chi connectivity index (χ2n) is 5.65. The Morgan fingerprint density at radius 1 is 1.29 bits per heavy atom. The van der Waals surface area contributed by atoms with E-state index in [2.05, 4.69) is 26.1 Å². The Morgan fingerprint density at radius 2 is 1.71 bits per heavy atom. The molecule has 0 fully saturated rings. The van der Waals surface area contributed by atoms with E-state index in [0.29, 0.717) is 0 Å². The zero-order valence-corrected chi connectivity index (χ0v) is 10.1. The van der Waals surface area contributed by atoms with Crippen molar-refractivity contribution < 1.29 is 9.90 Å². The van der Waals surface area contributed by atoms with E-state index in [1.54, 1.807) is 0 Å². The fraction of sp³-hybridized carbons (Fsp3) is 0.909. The van der Waals surface area contributed by atoms with E-state index in [1.165, 1.54) is 0 Å². The molecule has 0 spiro atoms. The van der Waals surface area contributed by atoms with Crippen molar-refractivity contribution in [2.45, 2.75) is 47.1 Å². The molecular formula is C11H23NO2. The lowest BCUT2D eigenvalue weighted by Gasteiger charge is -2.42. The smallest absolute Gasteiger partial charge is 0.303 e. The molecule has 3 nitrogen and oxygen atoms in total. The van der Waals surface area contributed by atoms with E-state index >= 15 is 0 Å². The molecule has 0 rings (SSSR count). The molecule has 0 aliphatic carbocycles. The summed E-state index contributed by atoms with van der Waals surface area (Å²) in [5.41, 5.74) is -0.174. The van der Waals surface area contributed by atoms with E-state index in [9.17, 15) is 4.79 Å². The number of rotatable bonds is 4. The first-order valence-electron chi connectivity index (χ1n) is 5.00. The molecule has 1 unspecified atom stereocenters. The third kappa shape index (κ3) is 3.66. The number of aliphatic carboxylic acids is 1. The van der Waals surface area contributed by atoms with Crippen molar-refractivity contribution in [1.29, 1.82) is 0 Å². The number of carboxylic acid groups (broad SMARTS) is 1. The Kier molecular flexibility index (Phi) is 4.13. The van der Waals surface area contributed by atoms with Crippen LogP contribution in [0.3, 0.4) is 0 Å². The van der Waals surface area contributed by atoms with Gasteiger partial charge in [0.1, 0.15) is 0 Å².